The van der Waals surface area contributed by atoms with Gasteiger partial charge in [0.05, 0.1) is 0 Å². The Labute approximate surface area is 116 Å². The Morgan fingerprint density at radius 1 is 1.21 bits per heavy atom. The van der Waals surface area contributed by atoms with E-state index in [-0.39, 0.29) is 6.04 Å². The predicted octanol–water partition coefficient (Wildman–Crippen LogP) is 1.49. The molecular formula is C16H25N3. The van der Waals surface area contributed by atoms with Crippen LogP contribution in [0.5, 0.6) is 0 Å². The van der Waals surface area contributed by atoms with Gasteiger partial charge in [-0.05, 0) is 37.6 Å². The van der Waals surface area contributed by atoms with Crippen LogP contribution in [0.15, 0.2) is 24.3 Å². The van der Waals surface area contributed by atoms with E-state index < -0.39 is 0 Å². The second-order valence-electron chi connectivity index (χ2n) is 6.46. The first-order valence-corrected chi connectivity index (χ1v) is 7.31. The zero-order valence-corrected chi connectivity index (χ0v) is 12.2. The SMILES string of the molecule is CC1CN(C2Cc3ccccc3C2N)CC1N(C)C. The van der Waals surface area contributed by atoms with Crippen molar-refractivity contribution in [2.75, 3.05) is 27.2 Å². The molecule has 0 spiro atoms. The molecule has 4 unspecified atom stereocenters. The van der Waals surface area contributed by atoms with E-state index in [1.165, 1.54) is 17.7 Å². The van der Waals surface area contributed by atoms with Gasteiger partial charge in [0.1, 0.15) is 0 Å². The molecule has 0 saturated carbocycles. The van der Waals surface area contributed by atoms with E-state index in [9.17, 15) is 0 Å². The standard InChI is InChI=1S/C16H25N3/c1-11-9-19(10-15(11)18(2)3)14-8-12-6-4-5-7-13(12)16(14)17/h4-7,11,14-16H,8-10,17H2,1-3H3. The van der Waals surface area contributed by atoms with Crippen LogP contribution in [0.4, 0.5) is 0 Å². The number of fused-ring (bicyclic) bond motifs is 1. The van der Waals surface area contributed by atoms with Gasteiger partial charge in [-0.1, -0.05) is 31.2 Å². The fourth-order valence-electron chi connectivity index (χ4n) is 3.89. The van der Waals surface area contributed by atoms with Crippen LogP contribution in [-0.4, -0.2) is 49.1 Å². The van der Waals surface area contributed by atoms with Gasteiger partial charge in [-0.2, -0.15) is 0 Å². The molecule has 1 saturated heterocycles. The molecule has 4 atom stereocenters. The number of hydrogen-bond acceptors (Lipinski definition) is 3. The average molecular weight is 259 g/mol. The van der Waals surface area contributed by atoms with Crippen molar-refractivity contribution in [2.24, 2.45) is 11.7 Å². The minimum atomic E-state index is 0.185. The molecule has 0 bridgehead atoms. The number of likely N-dealkylation sites (tertiary alicyclic amines) is 1. The lowest BCUT2D eigenvalue weighted by Gasteiger charge is -2.28. The van der Waals surface area contributed by atoms with Crippen molar-refractivity contribution in [3.63, 3.8) is 0 Å². The minimum Gasteiger partial charge on any atom is -0.323 e. The number of hydrogen-bond donors (Lipinski definition) is 1. The van der Waals surface area contributed by atoms with Gasteiger partial charge in [0, 0.05) is 31.2 Å². The number of likely N-dealkylation sites (N-methyl/N-ethyl adjacent to an activating group) is 1. The van der Waals surface area contributed by atoms with Crippen molar-refractivity contribution in [1.29, 1.82) is 0 Å². The highest BCUT2D eigenvalue weighted by atomic mass is 15.3. The molecule has 104 valence electrons. The quantitative estimate of drug-likeness (QED) is 0.873. The molecule has 0 aromatic heterocycles. The van der Waals surface area contributed by atoms with Crippen molar-refractivity contribution in [3.05, 3.63) is 35.4 Å². The summed E-state index contributed by atoms with van der Waals surface area (Å²) in [6, 6.07) is 10.0. The highest BCUT2D eigenvalue weighted by Crippen LogP contribution is 2.35. The zero-order valence-electron chi connectivity index (χ0n) is 12.2. The van der Waals surface area contributed by atoms with Crippen molar-refractivity contribution >= 4 is 0 Å². The van der Waals surface area contributed by atoms with Crippen LogP contribution < -0.4 is 5.73 Å². The molecule has 3 nitrogen and oxygen atoms in total. The fourth-order valence-corrected chi connectivity index (χ4v) is 3.89. The molecule has 3 heteroatoms. The largest absolute Gasteiger partial charge is 0.323 e. The van der Waals surface area contributed by atoms with Gasteiger partial charge in [0.25, 0.3) is 0 Å². The minimum absolute atomic E-state index is 0.185. The molecule has 0 amide bonds. The topological polar surface area (TPSA) is 32.5 Å². The second kappa shape index (κ2) is 4.89. The monoisotopic (exact) mass is 259 g/mol. The van der Waals surface area contributed by atoms with Crippen LogP contribution >= 0.6 is 0 Å². The van der Waals surface area contributed by atoms with Gasteiger partial charge in [-0.3, -0.25) is 4.90 Å². The Kier molecular flexibility index (Phi) is 3.37. The van der Waals surface area contributed by atoms with E-state index in [2.05, 4.69) is 55.1 Å². The van der Waals surface area contributed by atoms with Gasteiger partial charge in [0.15, 0.2) is 0 Å². The molecule has 3 rings (SSSR count). The molecule has 1 fully saturated rings. The molecule has 1 aromatic carbocycles. The van der Waals surface area contributed by atoms with Crippen molar-refractivity contribution in [1.82, 2.24) is 9.80 Å². The molecule has 1 aromatic rings. The van der Waals surface area contributed by atoms with Crippen molar-refractivity contribution in [2.45, 2.75) is 31.5 Å². The molecule has 1 aliphatic heterocycles. The highest BCUT2D eigenvalue weighted by molar-refractivity contribution is 5.37. The van der Waals surface area contributed by atoms with Gasteiger partial charge in [-0.15, -0.1) is 0 Å². The lowest BCUT2D eigenvalue weighted by molar-refractivity contribution is 0.200. The zero-order chi connectivity index (χ0) is 13.6. The van der Waals surface area contributed by atoms with Crippen LogP contribution in [0, 0.1) is 5.92 Å². The Morgan fingerprint density at radius 3 is 2.58 bits per heavy atom. The van der Waals surface area contributed by atoms with E-state index >= 15 is 0 Å². The second-order valence-corrected chi connectivity index (χ2v) is 6.46. The molecule has 0 radical (unpaired) electrons. The molecular weight excluding hydrogens is 234 g/mol. The number of rotatable bonds is 2. The summed E-state index contributed by atoms with van der Waals surface area (Å²) >= 11 is 0. The maximum atomic E-state index is 6.48. The lowest BCUT2D eigenvalue weighted by Crippen LogP contribution is -2.41. The summed E-state index contributed by atoms with van der Waals surface area (Å²) in [5, 5.41) is 0. The van der Waals surface area contributed by atoms with Gasteiger partial charge in [-0.25, -0.2) is 0 Å². The molecule has 2 N–H and O–H groups in total. The van der Waals surface area contributed by atoms with Gasteiger partial charge < -0.3 is 10.6 Å². The van der Waals surface area contributed by atoms with E-state index in [1.54, 1.807) is 0 Å². The summed E-state index contributed by atoms with van der Waals surface area (Å²) in [5.41, 5.74) is 9.28. The van der Waals surface area contributed by atoms with E-state index in [0.29, 0.717) is 12.1 Å². The first-order valence-electron chi connectivity index (χ1n) is 7.31. The fraction of sp³-hybridized carbons (Fsp3) is 0.625. The van der Waals surface area contributed by atoms with Crippen LogP contribution in [0.1, 0.15) is 24.1 Å². The number of benzene rings is 1. The summed E-state index contributed by atoms with van der Waals surface area (Å²) in [6.45, 7) is 4.69. The summed E-state index contributed by atoms with van der Waals surface area (Å²) in [4.78, 5) is 4.97. The highest BCUT2D eigenvalue weighted by Gasteiger charge is 2.40. The lowest BCUT2D eigenvalue weighted by atomic mass is 10.1. The van der Waals surface area contributed by atoms with Crippen LogP contribution in [0.2, 0.25) is 0 Å². The molecule has 1 heterocycles. The maximum absolute atomic E-state index is 6.48. The third kappa shape index (κ3) is 2.20. The molecule has 1 aliphatic carbocycles. The third-order valence-electron chi connectivity index (χ3n) is 4.99. The van der Waals surface area contributed by atoms with Gasteiger partial charge in [0.2, 0.25) is 0 Å². The van der Waals surface area contributed by atoms with Crippen LogP contribution in [-0.2, 0) is 6.42 Å². The van der Waals surface area contributed by atoms with E-state index in [0.717, 1.165) is 18.9 Å². The number of nitrogens with zero attached hydrogens (tertiary/aromatic N) is 2. The number of nitrogens with two attached hydrogens (primary N) is 1. The first kappa shape index (κ1) is 13.1. The van der Waals surface area contributed by atoms with Crippen molar-refractivity contribution < 1.29 is 0 Å². The van der Waals surface area contributed by atoms with E-state index in [1.807, 2.05) is 0 Å². The first-order chi connectivity index (χ1) is 9.08. The predicted molar refractivity (Wildman–Crippen MR) is 79.1 cm³/mol. The average Bonchev–Trinajstić information content (AvgIpc) is 2.91. The molecule has 19 heavy (non-hydrogen) atoms. The van der Waals surface area contributed by atoms with Gasteiger partial charge >= 0.3 is 0 Å². The normalized spacial score (nSPS) is 35.0. The summed E-state index contributed by atoms with van der Waals surface area (Å²) < 4.78 is 0. The van der Waals surface area contributed by atoms with Crippen LogP contribution in [0.25, 0.3) is 0 Å². The van der Waals surface area contributed by atoms with E-state index in [4.69, 9.17) is 5.73 Å². The summed E-state index contributed by atoms with van der Waals surface area (Å²) in [7, 11) is 4.38. The summed E-state index contributed by atoms with van der Waals surface area (Å²) in [6.07, 6.45) is 1.12. The van der Waals surface area contributed by atoms with Crippen LogP contribution in [0.3, 0.4) is 0 Å². The third-order valence-corrected chi connectivity index (χ3v) is 4.99. The Hall–Kier alpha value is -0.900. The van der Waals surface area contributed by atoms with Crippen molar-refractivity contribution in [3.8, 4) is 0 Å². The Balaban J connectivity index is 1.76. The smallest absolute Gasteiger partial charge is 0.0459 e. The molecule has 2 aliphatic rings. The Morgan fingerprint density at radius 2 is 1.95 bits per heavy atom. The maximum Gasteiger partial charge on any atom is 0.0459 e. The summed E-state index contributed by atoms with van der Waals surface area (Å²) in [5.74, 6) is 0.728. The Bertz CT molecular complexity index is 457.